The Hall–Kier alpha value is -3.65. The van der Waals surface area contributed by atoms with Gasteiger partial charge < -0.3 is 10.6 Å². The summed E-state index contributed by atoms with van der Waals surface area (Å²) in [5.74, 6) is -1.51. The zero-order valence-corrected chi connectivity index (χ0v) is 19.0. The molecule has 34 heavy (non-hydrogen) atoms. The molecule has 0 aromatic carbocycles. The van der Waals surface area contributed by atoms with Crippen molar-refractivity contribution in [1.29, 1.82) is 0 Å². The predicted octanol–water partition coefficient (Wildman–Crippen LogP) is 3.63. The van der Waals surface area contributed by atoms with Crippen LogP contribution in [0.25, 0.3) is 11.0 Å². The Bertz CT molecular complexity index is 1400. The van der Waals surface area contributed by atoms with Crippen molar-refractivity contribution in [3.05, 3.63) is 57.1 Å². The van der Waals surface area contributed by atoms with Crippen molar-refractivity contribution in [1.82, 2.24) is 35.0 Å². The van der Waals surface area contributed by atoms with E-state index in [9.17, 15) is 22.8 Å². The number of nitrogens with zero attached hydrogens (tertiary/aromatic N) is 6. The molecule has 0 spiro atoms. The molecule has 0 aliphatic rings. The normalized spacial score (nSPS) is 12.5. The summed E-state index contributed by atoms with van der Waals surface area (Å²) in [4.78, 5) is 41.3. The number of nitrogens with one attached hydrogen (secondary N) is 2. The van der Waals surface area contributed by atoms with Gasteiger partial charge in [-0.15, -0.1) is 11.3 Å². The summed E-state index contributed by atoms with van der Waals surface area (Å²) in [6, 6.07) is 0.0533. The topological polar surface area (TPSA) is 128 Å². The number of halogens is 4. The quantitative estimate of drug-likeness (QED) is 0.419. The number of rotatable bonds is 5. The lowest BCUT2D eigenvalue weighted by atomic mass is 10.2. The first-order valence-corrected chi connectivity index (χ1v) is 10.7. The SMILES string of the molecule is C[C@H](NC(=O)c1ncnc2c1cnn2C)c1ncc(C(=O)Nc2cc(C(F)(F)F)c(Cl)cn2)s1. The van der Waals surface area contributed by atoms with E-state index in [0.29, 0.717) is 22.1 Å². The molecule has 15 heteroatoms. The minimum Gasteiger partial charge on any atom is -0.342 e. The fourth-order valence-electron chi connectivity index (χ4n) is 2.96. The van der Waals surface area contributed by atoms with Gasteiger partial charge in [0.15, 0.2) is 5.65 Å². The first kappa shape index (κ1) is 23.5. The molecular formula is C19H14ClF3N8O2S. The van der Waals surface area contributed by atoms with E-state index >= 15 is 0 Å². The molecule has 4 aromatic rings. The maximum Gasteiger partial charge on any atom is 0.418 e. The highest BCUT2D eigenvalue weighted by molar-refractivity contribution is 7.13. The Kier molecular flexibility index (Phi) is 6.18. The lowest BCUT2D eigenvalue weighted by Gasteiger charge is -2.11. The van der Waals surface area contributed by atoms with Gasteiger partial charge in [-0.25, -0.2) is 19.9 Å². The zero-order chi connectivity index (χ0) is 24.6. The van der Waals surface area contributed by atoms with Crippen molar-refractivity contribution in [2.24, 2.45) is 7.05 Å². The summed E-state index contributed by atoms with van der Waals surface area (Å²) in [6.07, 6.45) is 0.0979. The van der Waals surface area contributed by atoms with Gasteiger partial charge in [0, 0.05) is 13.2 Å². The van der Waals surface area contributed by atoms with Gasteiger partial charge in [0.25, 0.3) is 11.8 Å². The lowest BCUT2D eigenvalue weighted by Crippen LogP contribution is -2.27. The van der Waals surface area contributed by atoms with Crippen molar-refractivity contribution in [3.63, 3.8) is 0 Å². The Morgan fingerprint density at radius 2 is 1.88 bits per heavy atom. The van der Waals surface area contributed by atoms with Crippen LogP contribution in [-0.2, 0) is 13.2 Å². The Morgan fingerprint density at radius 1 is 1.12 bits per heavy atom. The van der Waals surface area contributed by atoms with Crippen molar-refractivity contribution < 1.29 is 22.8 Å². The van der Waals surface area contributed by atoms with Gasteiger partial charge in [-0.05, 0) is 13.0 Å². The van der Waals surface area contributed by atoms with Crippen LogP contribution in [0, 0.1) is 0 Å². The summed E-state index contributed by atoms with van der Waals surface area (Å²) in [5, 5.41) is 9.38. The number of aromatic nitrogens is 6. The largest absolute Gasteiger partial charge is 0.418 e. The molecule has 1 atom stereocenters. The highest BCUT2D eigenvalue weighted by Crippen LogP contribution is 2.35. The number of amides is 2. The molecule has 4 heterocycles. The Balaban J connectivity index is 1.46. The third kappa shape index (κ3) is 4.68. The second-order valence-electron chi connectivity index (χ2n) is 6.99. The highest BCUT2D eigenvalue weighted by Gasteiger charge is 2.34. The summed E-state index contributed by atoms with van der Waals surface area (Å²) in [5.41, 5.74) is -0.493. The molecule has 0 bridgehead atoms. The molecule has 4 rings (SSSR count). The average Bonchev–Trinajstić information content (AvgIpc) is 3.42. The van der Waals surface area contributed by atoms with Crippen LogP contribution in [0.1, 0.15) is 43.7 Å². The molecule has 4 aromatic heterocycles. The highest BCUT2D eigenvalue weighted by atomic mass is 35.5. The second kappa shape index (κ2) is 8.95. The Labute approximate surface area is 198 Å². The molecule has 0 saturated carbocycles. The van der Waals surface area contributed by atoms with Crippen molar-refractivity contribution in [2.45, 2.75) is 19.1 Å². The first-order chi connectivity index (χ1) is 16.0. The van der Waals surface area contributed by atoms with Crippen LogP contribution < -0.4 is 10.6 Å². The number of hydrogen-bond acceptors (Lipinski definition) is 8. The number of pyridine rings is 1. The summed E-state index contributed by atoms with van der Waals surface area (Å²) >= 11 is 6.50. The van der Waals surface area contributed by atoms with Gasteiger partial charge in [0.05, 0.1) is 34.4 Å². The molecule has 0 aliphatic heterocycles. The van der Waals surface area contributed by atoms with E-state index in [1.165, 1.54) is 23.4 Å². The van der Waals surface area contributed by atoms with E-state index in [1.54, 1.807) is 14.0 Å². The molecule has 0 saturated heterocycles. The Morgan fingerprint density at radius 3 is 2.62 bits per heavy atom. The van der Waals surface area contributed by atoms with Crippen LogP contribution in [0.5, 0.6) is 0 Å². The standard InChI is InChI=1S/C19H14ClF3N8O2S/c1-8(29-17(33)14-9-4-28-31(2)15(9)27-7-26-14)18-25-6-12(34-18)16(32)30-13-3-10(19(21,22)23)11(20)5-24-13/h3-8H,1-2H3,(H,29,33)(H,24,30,32)/t8-/m0/s1. The third-order valence-corrected chi connectivity index (χ3v) is 6.09. The van der Waals surface area contributed by atoms with Crippen LogP contribution in [0.2, 0.25) is 5.02 Å². The third-order valence-electron chi connectivity index (χ3n) is 4.61. The molecule has 2 amide bonds. The number of hydrogen-bond donors (Lipinski definition) is 2. The summed E-state index contributed by atoms with van der Waals surface area (Å²) < 4.78 is 40.6. The molecular weight excluding hydrogens is 497 g/mol. The molecule has 10 nitrogen and oxygen atoms in total. The maximum absolute atomic E-state index is 13.0. The van der Waals surface area contributed by atoms with E-state index in [0.717, 1.165) is 17.5 Å². The van der Waals surface area contributed by atoms with E-state index in [-0.39, 0.29) is 16.4 Å². The molecule has 0 fully saturated rings. The van der Waals surface area contributed by atoms with Gasteiger partial charge in [-0.2, -0.15) is 18.3 Å². The van der Waals surface area contributed by atoms with Gasteiger partial charge in [-0.1, -0.05) is 11.6 Å². The molecule has 176 valence electrons. The first-order valence-electron chi connectivity index (χ1n) is 9.48. The second-order valence-corrected chi connectivity index (χ2v) is 8.46. The molecule has 2 N–H and O–H groups in total. The maximum atomic E-state index is 13.0. The minimum absolute atomic E-state index is 0.109. The number of fused-ring (bicyclic) bond motifs is 1. The number of thiazole rings is 1. The zero-order valence-electron chi connectivity index (χ0n) is 17.4. The fraction of sp³-hybridized carbons (Fsp3) is 0.211. The number of carbonyl (C=O) groups excluding carboxylic acids is 2. The van der Waals surface area contributed by atoms with Crippen molar-refractivity contribution >= 4 is 51.6 Å². The van der Waals surface area contributed by atoms with Gasteiger partial charge in [0.2, 0.25) is 0 Å². The fourth-order valence-corrected chi connectivity index (χ4v) is 3.99. The minimum atomic E-state index is -4.70. The van der Waals surface area contributed by atoms with E-state index in [4.69, 9.17) is 11.6 Å². The number of aryl methyl sites for hydroxylation is 1. The average molecular weight is 511 g/mol. The van der Waals surface area contributed by atoms with Gasteiger partial charge >= 0.3 is 6.18 Å². The summed E-state index contributed by atoms with van der Waals surface area (Å²) in [6.45, 7) is 1.66. The molecule has 0 aliphatic carbocycles. The van der Waals surface area contributed by atoms with Crippen molar-refractivity contribution in [3.8, 4) is 0 Å². The monoisotopic (exact) mass is 510 g/mol. The lowest BCUT2D eigenvalue weighted by molar-refractivity contribution is -0.137. The van der Waals surface area contributed by atoms with E-state index < -0.39 is 34.6 Å². The van der Waals surface area contributed by atoms with E-state index in [1.807, 2.05) is 0 Å². The van der Waals surface area contributed by atoms with E-state index in [2.05, 4.69) is 35.7 Å². The van der Waals surface area contributed by atoms with Crippen LogP contribution in [0.3, 0.4) is 0 Å². The summed E-state index contributed by atoms with van der Waals surface area (Å²) in [7, 11) is 1.69. The number of carbonyl (C=O) groups is 2. The number of alkyl halides is 3. The van der Waals surface area contributed by atoms with Crippen molar-refractivity contribution in [2.75, 3.05) is 5.32 Å². The van der Waals surface area contributed by atoms with Crippen LogP contribution in [-0.4, -0.2) is 41.5 Å². The molecule has 0 unspecified atom stereocenters. The van der Waals surface area contributed by atoms with Gasteiger partial charge in [-0.3, -0.25) is 14.3 Å². The predicted molar refractivity (Wildman–Crippen MR) is 117 cm³/mol. The van der Waals surface area contributed by atoms with Crippen LogP contribution in [0.15, 0.2) is 31.0 Å². The number of anilines is 1. The smallest absolute Gasteiger partial charge is 0.342 e. The molecule has 0 radical (unpaired) electrons. The van der Waals surface area contributed by atoms with Gasteiger partial charge in [0.1, 0.15) is 27.7 Å². The van der Waals surface area contributed by atoms with Crippen LogP contribution in [0.4, 0.5) is 19.0 Å². The van der Waals surface area contributed by atoms with Crippen LogP contribution >= 0.6 is 22.9 Å².